The van der Waals surface area contributed by atoms with Gasteiger partial charge in [-0.1, -0.05) is 30.2 Å². The van der Waals surface area contributed by atoms with Crippen LogP contribution in [0, 0.1) is 19.3 Å². The van der Waals surface area contributed by atoms with Crippen molar-refractivity contribution in [1.29, 1.82) is 5.41 Å². The highest BCUT2D eigenvalue weighted by atomic mass is 35.5. The summed E-state index contributed by atoms with van der Waals surface area (Å²) in [7, 11) is 0. The van der Waals surface area contributed by atoms with Crippen LogP contribution in [0.5, 0.6) is 0 Å². The molecule has 2 aromatic rings. The predicted octanol–water partition coefficient (Wildman–Crippen LogP) is 3.56. The number of piperazine rings is 1. The van der Waals surface area contributed by atoms with Gasteiger partial charge in [-0.25, -0.2) is 0 Å². The fourth-order valence-corrected chi connectivity index (χ4v) is 6.60. The average Bonchev–Trinajstić information content (AvgIpc) is 3.12. The minimum atomic E-state index is -0.524. The third kappa shape index (κ3) is 6.74. The predicted molar refractivity (Wildman–Crippen MR) is 164 cm³/mol. The Hall–Kier alpha value is -2.79. The number of aryl methyl sites for hydroxylation is 1. The molecule has 216 valence electrons. The van der Waals surface area contributed by atoms with Crippen molar-refractivity contribution in [3.05, 3.63) is 50.9 Å². The van der Waals surface area contributed by atoms with Gasteiger partial charge in [-0.2, -0.15) is 0 Å². The maximum absolute atomic E-state index is 13.5. The van der Waals surface area contributed by atoms with Crippen LogP contribution in [-0.4, -0.2) is 84.5 Å². The van der Waals surface area contributed by atoms with Gasteiger partial charge in [-0.3, -0.25) is 20.0 Å². The van der Waals surface area contributed by atoms with Gasteiger partial charge in [0.2, 0.25) is 11.8 Å². The van der Waals surface area contributed by atoms with E-state index in [1.807, 2.05) is 34.1 Å². The van der Waals surface area contributed by atoms with Gasteiger partial charge in [0.05, 0.1) is 30.1 Å². The number of nitrogens with one attached hydrogen (secondary N) is 1. The van der Waals surface area contributed by atoms with Crippen LogP contribution in [0.25, 0.3) is 0 Å². The second-order valence-corrected chi connectivity index (χ2v) is 12.2. The van der Waals surface area contributed by atoms with Gasteiger partial charge in [-0.05, 0) is 57.9 Å². The number of unbranched alkanes of at least 4 members (excludes halogenated alkanes) is 1. The van der Waals surface area contributed by atoms with Crippen LogP contribution in [0.15, 0.2) is 29.3 Å². The molecule has 4 rings (SSSR count). The highest BCUT2D eigenvalue weighted by Crippen LogP contribution is 2.39. The molecule has 9 nitrogen and oxygen atoms in total. The molecule has 40 heavy (non-hydrogen) atoms. The number of halogens is 1. The molecule has 2 aliphatic heterocycles. The van der Waals surface area contributed by atoms with Crippen molar-refractivity contribution in [3.63, 3.8) is 0 Å². The van der Waals surface area contributed by atoms with Crippen molar-refractivity contribution < 1.29 is 9.59 Å². The Morgan fingerprint density at radius 2 is 1.77 bits per heavy atom. The number of amides is 2. The smallest absolute Gasteiger partial charge is 0.239 e. The molecule has 0 saturated carbocycles. The molecule has 0 spiro atoms. The lowest BCUT2D eigenvalue weighted by molar-refractivity contribution is -0.140. The van der Waals surface area contributed by atoms with E-state index in [4.69, 9.17) is 33.5 Å². The zero-order valence-corrected chi connectivity index (χ0v) is 25.2. The molecule has 1 unspecified atom stereocenters. The molecule has 1 saturated heterocycles. The molecule has 1 aromatic heterocycles. The molecule has 11 heteroatoms. The van der Waals surface area contributed by atoms with Crippen LogP contribution >= 0.6 is 22.9 Å². The van der Waals surface area contributed by atoms with E-state index < -0.39 is 6.04 Å². The highest BCUT2D eigenvalue weighted by molar-refractivity contribution is 7.17. The van der Waals surface area contributed by atoms with Crippen molar-refractivity contribution in [2.45, 2.75) is 58.5 Å². The maximum atomic E-state index is 13.5. The van der Waals surface area contributed by atoms with Crippen molar-refractivity contribution in [2.75, 3.05) is 44.2 Å². The quantitative estimate of drug-likeness (QED) is 0.248. The number of nitrogens with zero attached hydrogens (tertiary/aromatic N) is 4. The lowest BCUT2D eigenvalue weighted by Crippen LogP contribution is -2.54. The van der Waals surface area contributed by atoms with E-state index in [-0.39, 0.29) is 24.3 Å². The monoisotopic (exact) mass is 585 g/mol. The van der Waals surface area contributed by atoms with Gasteiger partial charge in [-0.15, -0.1) is 11.3 Å². The van der Waals surface area contributed by atoms with Crippen molar-refractivity contribution in [2.24, 2.45) is 16.5 Å². The minimum absolute atomic E-state index is 0.00397. The number of thiophene rings is 1. The fraction of sp³-hybridized carbons (Fsp3) is 0.517. The average molecular weight is 586 g/mol. The zero-order chi connectivity index (χ0) is 29.0. The minimum Gasteiger partial charge on any atom is -0.339 e. The number of carbonyl (C=O) groups excluding carboxylic acids is 2. The molecule has 2 amide bonds. The first-order chi connectivity index (χ1) is 19.1. The van der Waals surface area contributed by atoms with Crippen LogP contribution in [0.3, 0.4) is 0 Å². The normalized spacial score (nSPS) is 18.2. The molecule has 5 N–H and O–H groups in total. The van der Waals surface area contributed by atoms with E-state index in [2.05, 4.69) is 13.8 Å². The van der Waals surface area contributed by atoms with Gasteiger partial charge < -0.3 is 26.2 Å². The third-order valence-corrected chi connectivity index (χ3v) is 9.20. The van der Waals surface area contributed by atoms with E-state index in [0.717, 1.165) is 40.2 Å². The summed E-state index contributed by atoms with van der Waals surface area (Å²) < 4.78 is 0. The SMILES string of the molecule is CC(=N)N1C[C@H](CC(=O)N2CCN(C(=O)C(N)CCCCN)CC2)N=C(c2ccc(Cl)cc2)c2c1sc(C)c2C. The first-order valence-corrected chi connectivity index (χ1v) is 15.1. The van der Waals surface area contributed by atoms with Gasteiger partial charge in [0.25, 0.3) is 0 Å². The molecular formula is C29H40ClN7O2S. The lowest BCUT2D eigenvalue weighted by Gasteiger charge is -2.36. The summed E-state index contributed by atoms with van der Waals surface area (Å²) in [6.07, 6.45) is 2.53. The van der Waals surface area contributed by atoms with E-state index in [9.17, 15) is 9.59 Å². The first-order valence-electron chi connectivity index (χ1n) is 13.9. The van der Waals surface area contributed by atoms with Crippen molar-refractivity contribution >= 4 is 51.3 Å². The molecular weight excluding hydrogens is 546 g/mol. The van der Waals surface area contributed by atoms with Gasteiger partial charge in [0, 0.05) is 53.8 Å². The van der Waals surface area contributed by atoms with E-state index in [1.54, 1.807) is 23.2 Å². The molecule has 2 atom stereocenters. The Morgan fingerprint density at radius 1 is 1.12 bits per heavy atom. The second-order valence-electron chi connectivity index (χ2n) is 10.6. The topological polar surface area (TPSA) is 132 Å². The molecule has 1 fully saturated rings. The van der Waals surface area contributed by atoms with E-state index in [1.165, 1.54) is 4.88 Å². The molecule has 0 aliphatic carbocycles. The largest absolute Gasteiger partial charge is 0.339 e. The number of amidine groups is 1. The maximum Gasteiger partial charge on any atom is 0.239 e. The summed E-state index contributed by atoms with van der Waals surface area (Å²) in [6.45, 7) is 8.88. The molecule has 0 radical (unpaired) electrons. The van der Waals surface area contributed by atoms with Gasteiger partial charge in [0.1, 0.15) is 5.00 Å². The Morgan fingerprint density at radius 3 is 2.40 bits per heavy atom. The third-order valence-electron chi connectivity index (χ3n) is 7.72. The number of rotatable bonds is 8. The zero-order valence-electron chi connectivity index (χ0n) is 23.6. The van der Waals surface area contributed by atoms with Gasteiger partial charge in [0.15, 0.2) is 0 Å². The summed E-state index contributed by atoms with van der Waals surface area (Å²) in [5.41, 5.74) is 15.6. The fourth-order valence-electron chi connectivity index (χ4n) is 5.26. The Balaban J connectivity index is 1.51. The summed E-state index contributed by atoms with van der Waals surface area (Å²) in [5, 5.41) is 10.2. The molecule has 3 heterocycles. The Bertz CT molecular complexity index is 1270. The number of anilines is 1. The van der Waals surface area contributed by atoms with E-state index >= 15 is 0 Å². The molecule has 0 bridgehead atoms. The number of hydrogen-bond acceptors (Lipinski definition) is 7. The lowest BCUT2D eigenvalue weighted by atomic mass is 9.99. The standard InChI is InChI=1S/C29H40ClN7O2S/c1-18-19(2)40-29-26(18)27(21-7-9-22(30)10-8-21)34-23(17-37(29)20(3)32)16-25(38)35-12-14-36(15-13-35)28(39)24(33)6-4-5-11-31/h7-10,23-24,32H,4-6,11-17,31,33H2,1-3H3/t23-,24?/m0/s1. The number of aliphatic imine (C=N–C) groups is 1. The van der Waals surface area contributed by atoms with Crippen LogP contribution in [-0.2, 0) is 9.59 Å². The summed E-state index contributed by atoms with van der Waals surface area (Å²) in [4.78, 5) is 38.2. The van der Waals surface area contributed by atoms with Crippen LogP contribution in [0.1, 0.15) is 54.2 Å². The summed E-state index contributed by atoms with van der Waals surface area (Å²) in [5.74, 6) is 0.366. The first kappa shape index (κ1) is 30.2. The summed E-state index contributed by atoms with van der Waals surface area (Å²) in [6, 6.07) is 6.75. The number of hydrogen-bond donors (Lipinski definition) is 3. The number of carbonyl (C=O) groups is 2. The molecule has 2 aliphatic rings. The Labute approximate surface area is 245 Å². The Kier molecular flexibility index (Phi) is 9.99. The van der Waals surface area contributed by atoms with E-state index in [0.29, 0.717) is 56.5 Å². The molecule has 1 aromatic carbocycles. The van der Waals surface area contributed by atoms with Crippen LogP contribution < -0.4 is 16.4 Å². The number of fused-ring (bicyclic) bond motifs is 1. The highest BCUT2D eigenvalue weighted by Gasteiger charge is 2.33. The van der Waals surface area contributed by atoms with Gasteiger partial charge >= 0.3 is 0 Å². The number of benzene rings is 1. The van der Waals surface area contributed by atoms with Crippen molar-refractivity contribution in [1.82, 2.24) is 9.80 Å². The number of nitrogens with two attached hydrogens (primary N) is 2. The second kappa shape index (κ2) is 13.2. The van der Waals surface area contributed by atoms with Crippen LogP contribution in [0.2, 0.25) is 5.02 Å². The summed E-state index contributed by atoms with van der Waals surface area (Å²) >= 11 is 7.84. The van der Waals surface area contributed by atoms with Crippen molar-refractivity contribution in [3.8, 4) is 0 Å². The van der Waals surface area contributed by atoms with Crippen LogP contribution in [0.4, 0.5) is 5.00 Å².